The zero-order chi connectivity index (χ0) is 43.0. The third-order valence-electron chi connectivity index (χ3n) is 13.7. The molecule has 3 fully saturated rings. The molecule has 1 aliphatic carbocycles. The maximum absolute atomic E-state index is 15.1. The molecule has 7 heterocycles. The minimum Gasteiger partial charge on any atom is -0.480 e. The molecule has 5 aromatic rings. The molecule has 2 amide bonds. The molecular weight excluding hydrogens is 818 g/mol. The number of pyridine rings is 1. The van der Waals surface area contributed by atoms with Crippen molar-refractivity contribution in [1.29, 1.82) is 0 Å². The number of amides is 2. The number of aryl methyl sites for hydroxylation is 2. The van der Waals surface area contributed by atoms with Crippen molar-refractivity contribution in [3.8, 4) is 5.75 Å². The van der Waals surface area contributed by atoms with Gasteiger partial charge in [0, 0.05) is 56.6 Å². The van der Waals surface area contributed by atoms with E-state index in [1.807, 2.05) is 17.8 Å². The number of allylic oxidation sites excluding steroid dienone is 1. The number of likely N-dealkylation sites (tertiary alicyclic amines) is 1. The van der Waals surface area contributed by atoms with Crippen LogP contribution in [0.25, 0.3) is 21.8 Å². The van der Waals surface area contributed by atoms with Gasteiger partial charge in [-0.3, -0.25) is 24.4 Å². The van der Waals surface area contributed by atoms with E-state index in [0.717, 1.165) is 68.6 Å². The fourth-order valence-electron chi connectivity index (χ4n) is 10.1. The summed E-state index contributed by atoms with van der Waals surface area (Å²) in [6, 6.07) is 10.4. The van der Waals surface area contributed by atoms with Gasteiger partial charge in [-0.1, -0.05) is 42.8 Å². The molecule has 3 N–H and O–H groups in total. The fourth-order valence-corrected chi connectivity index (χ4v) is 10.2. The van der Waals surface area contributed by atoms with Crippen molar-refractivity contribution in [2.75, 3.05) is 54.9 Å². The van der Waals surface area contributed by atoms with Crippen LogP contribution in [0.3, 0.4) is 0 Å². The average Bonchev–Trinajstić information content (AvgIpc) is 4.06. The zero-order valence-corrected chi connectivity index (χ0v) is 35.6. The van der Waals surface area contributed by atoms with Gasteiger partial charge in [-0.2, -0.15) is 10.1 Å². The van der Waals surface area contributed by atoms with Gasteiger partial charge in [0.2, 0.25) is 23.5 Å². The minimum absolute atomic E-state index is 0.132. The number of hydrogen-bond donors (Lipinski definition) is 3. The molecule has 0 saturated carbocycles. The second-order valence-electron chi connectivity index (χ2n) is 17.7. The first-order valence-electron chi connectivity index (χ1n) is 21.5. The van der Waals surface area contributed by atoms with Gasteiger partial charge >= 0.3 is 5.92 Å². The molecule has 10 rings (SSSR count). The van der Waals surface area contributed by atoms with Crippen LogP contribution in [0.4, 0.5) is 31.9 Å². The maximum atomic E-state index is 15.1. The first kappa shape index (κ1) is 40.5. The smallest absolute Gasteiger partial charge is 0.304 e. The Kier molecular flexibility index (Phi) is 10.2. The number of anilines is 4. The van der Waals surface area contributed by atoms with Crippen LogP contribution in [0.15, 0.2) is 59.0 Å². The lowest BCUT2D eigenvalue weighted by Gasteiger charge is -2.41. The van der Waals surface area contributed by atoms with Crippen LogP contribution >= 0.6 is 11.6 Å². The molecule has 14 nitrogen and oxygen atoms in total. The molecule has 2 aromatic carbocycles. The highest BCUT2D eigenvalue weighted by Crippen LogP contribution is 2.43. The molecule has 0 bridgehead atoms. The number of carbonyl (C=O) groups is 2. The number of piperidine rings is 3. The monoisotopic (exact) mass is 866 g/mol. The summed E-state index contributed by atoms with van der Waals surface area (Å²) in [5.74, 6) is -1.96. The highest BCUT2D eigenvalue weighted by atomic mass is 35.5. The van der Waals surface area contributed by atoms with Gasteiger partial charge in [0.15, 0.2) is 12.4 Å². The molecule has 5 aliphatic rings. The third kappa shape index (κ3) is 7.33. The lowest BCUT2D eigenvalue weighted by molar-refractivity contribution is -0.134. The lowest BCUT2D eigenvalue weighted by atomic mass is 9.84. The highest BCUT2D eigenvalue weighted by molar-refractivity contribution is 6.33. The SMILES string of the molecule is C[C@H]1CN(c2ncc(Cl)c(Nc3ccc4c(c3)c3c(c(=O)n4C)OCC(F)(F)[C@H](C4=CC4)N3)n2)CC[C@@H]1CN1CCC(c2cccc3c(C4CCC(=O)NC4=O)nn(C)c23)CC1. The Balaban J connectivity index is 0.792. The molecule has 0 spiro atoms. The quantitative estimate of drug-likeness (QED) is 0.114. The molecule has 62 heavy (non-hydrogen) atoms. The number of para-hydroxylation sites is 1. The Bertz CT molecular complexity index is 2730. The number of carbonyl (C=O) groups excluding carboxylic acids is 2. The Hall–Kier alpha value is -5.61. The van der Waals surface area contributed by atoms with Gasteiger partial charge in [-0.25, -0.2) is 13.8 Å². The number of halogens is 3. The summed E-state index contributed by atoms with van der Waals surface area (Å²) >= 11 is 6.66. The van der Waals surface area contributed by atoms with E-state index in [1.54, 1.807) is 37.5 Å². The van der Waals surface area contributed by atoms with Gasteiger partial charge in [0.25, 0.3) is 5.56 Å². The fraction of sp³-hybridized carbons (Fsp3) is 0.467. The van der Waals surface area contributed by atoms with Crippen LogP contribution in [0.2, 0.25) is 5.02 Å². The van der Waals surface area contributed by atoms with Crippen molar-refractivity contribution in [2.45, 2.75) is 69.2 Å². The zero-order valence-electron chi connectivity index (χ0n) is 34.9. The summed E-state index contributed by atoms with van der Waals surface area (Å²) in [5, 5.41) is 15.5. The topological polar surface area (TPSA) is 152 Å². The van der Waals surface area contributed by atoms with E-state index in [-0.39, 0.29) is 23.3 Å². The molecule has 4 atom stereocenters. The van der Waals surface area contributed by atoms with Gasteiger partial charge in [0.05, 0.1) is 34.5 Å². The minimum atomic E-state index is -3.20. The molecule has 1 unspecified atom stereocenters. The van der Waals surface area contributed by atoms with Crippen LogP contribution in [-0.2, 0) is 23.7 Å². The average molecular weight is 867 g/mol. The lowest BCUT2D eigenvalue weighted by Crippen LogP contribution is -2.45. The van der Waals surface area contributed by atoms with Crippen molar-refractivity contribution in [1.82, 2.24) is 34.5 Å². The summed E-state index contributed by atoms with van der Waals surface area (Å²) in [7, 11) is 3.55. The van der Waals surface area contributed by atoms with E-state index in [1.165, 1.54) is 10.1 Å². The number of aromatic nitrogens is 5. The predicted molar refractivity (Wildman–Crippen MR) is 234 cm³/mol. The summed E-state index contributed by atoms with van der Waals surface area (Å²) in [4.78, 5) is 52.1. The van der Waals surface area contributed by atoms with Crippen LogP contribution in [0.5, 0.6) is 5.75 Å². The summed E-state index contributed by atoms with van der Waals surface area (Å²) in [6.07, 6.45) is 7.71. The van der Waals surface area contributed by atoms with Crippen LogP contribution in [-0.4, -0.2) is 92.3 Å². The van der Waals surface area contributed by atoms with Gasteiger partial charge in [0.1, 0.15) is 11.1 Å². The standard InChI is InChI=1S/C45H49ClF2N10O4/c1-24-21-58(18-15-27(24)22-57-16-13-25(14-17-57)29-5-4-6-30-36(54-56(3)38(29)30)31-10-12-35(59)51-42(31)60)44-49-20-33(46)41(53-44)50-28-9-11-34-32(19-28)37-39(43(61)55(34)2)62-23-45(47,48)40(52-37)26-7-8-26/h4-7,9,11,19-20,24-25,27,31,40,52H,8,10,12-18,21-23H2,1-3H3,(H,49,50,53)(H,51,59,60)/t24-,27+,31?,40-/m0/s1. The van der Waals surface area contributed by atoms with Crippen molar-refractivity contribution in [2.24, 2.45) is 25.9 Å². The van der Waals surface area contributed by atoms with E-state index < -0.39 is 30.0 Å². The molecule has 3 aromatic heterocycles. The van der Waals surface area contributed by atoms with E-state index in [2.05, 4.69) is 49.8 Å². The maximum Gasteiger partial charge on any atom is 0.304 e. The summed E-state index contributed by atoms with van der Waals surface area (Å²) in [6.45, 7) is 6.03. The number of benzene rings is 2. The number of hydrogen-bond acceptors (Lipinski definition) is 11. The van der Waals surface area contributed by atoms with Crippen LogP contribution in [0.1, 0.15) is 68.5 Å². The Morgan fingerprint density at radius 1 is 1.03 bits per heavy atom. The predicted octanol–water partition coefficient (Wildman–Crippen LogP) is 6.61. The van der Waals surface area contributed by atoms with Crippen molar-refractivity contribution < 1.29 is 23.1 Å². The van der Waals surface area contributed by atoms with Gasteiger partial charge < -0.3 is 29.7 Å². The molecule has 0 radical (unpaired) electrons. The van der Waals surface area contributed by atoms with E-state index in [9.17, 15) is 14.4 Å². The Morgan fingerprint density at radius 3 is 2.60 bits per heavy atom. The summed E-state index contributed by atoms with van der Waals surface area (Å²) < 4.78 is 39.1. The Labute approximate surface area is 361 Å². The summed E-state index contributed by atoms with van der Waals surface area (Å²) in [5.41, 5.74) is 4.61. The number of rotatable bonds is 8. The molecule has 324 valence electrons. The molecule has 3 saturated heterocycles. The first-order chi connectivity index (χ1) is 29.8. The normalized spacial score (nSPS) is 24.2. The van der Waals surface area contributed by atoms with Crippen molar-refractivity contribution in [3.05, 3.63) is 80.9 Å². The van der Waals surface area contributed by atoms with Crippen molar-refractivity contribution >= 4 is 68.4 Å². The third-order valence-corrected chi connectivity index (χ3v) is 13.9. The van der Waals surface area contributed by atoms with Crippen LogP contribution in [0, 0.1) is 11.8 Å². The number of nitrogens with one attached hydrogen (secondary N) is 3. The van der Waals surface area contributed by atoms with E-state index >= 15 is 8.78 Å². The second-order valence-corrected chi connectivity index (χ2v) is 18.1. The van der Waals surface area contributed by atoms with Crippen molar-refractivity contribution in [3.63, 3.8) is 0 Å². The molecular formula is C45H49ClF2N10O4. The largest absolute Gasteiger partial charge is 0.480 e. The number of alkyl halides is 2. The number of imide groups is 1. The highest BCUT2D eigenvalue weighted by Gasteiger charge is 2.47. The van der Waals surface area contributed by atoms with Crippen LogP contribution < -0.4 is 31.1 Å². The molecule has 4 aliphatic heterocycles. The van der Waals surface area contributed by atoms with E-state index in [0.29, 0.717) is 76.0 Å². The number of fused-ring (bicyclic) bond motifs is 4. The second kappa shape index (κ2) is 15.6. The first-order valence-corrected chi connectivity index (χ1v) is 21.9. The number of nitrogens with zero attached hydrogens (tertiary/aromatic N) is 7. The molecule has 17 heteroatoms. The Morgan fingerprint density at radius 2 is 1.84 bits per heavy atom. The van der Waals surface area contributed by atoms with E-state index in [4.69, 9.17) is 26.4 Å². The van der Waals surface area contributed by atoms with Gasteiger partial charge in [-0.05, 0) is 92.3 Å². The van der Waals surface area contributed by atoms with Gasteiger partial charge in [-0.15, -0.1) is 0 Å². The number of ether oxygens (including phenoxy) is 1.